The lowest BCUT2D eigenvalue weighted by Crippen LogP contribution is -2.48. The Morgan fingerprint density at radius 3 is 2.92 bits per heavy atom. The Labute approximate surface area is 152 Å². The zero-order valence-electron chi connectivity index (χ0n) is 14.7. The summed E-state index contributed by atoms with van der Waals surface area (Å²) in [5.74, 6) is 2.32. The van der Waals surface area contributed by atoms with Crippen molar-refractivity contribution < 1.29 is 12.7 Å². The number of benzene rings is 1. The van der Waals surface area contributed by atoms with Gasteiger partial charge >= 0.3 is 10.1 Å². The number of likely N-dealkylation sites (tertiary alicyclic amines) is 1. The number of rotatable bonds is 4. The normalized spacial score (nSPS) is 26.6. The van der Waals surface area contributed by atoms with Gasteiger partial charge in [-0.1, -0.05) is 17.0 Å². The highest BCUT2D eigenvalue weighted by molar-refractivity contribution is 7.98. The SMILES string of the molecule is CSCC1C[C@H]2c3cccc4c3c(nn4OS(C)(=O)=O)C[C@@H]2N(C)C1. The van der Waals surface area contributed by atoms with Crippen molar-refractivity contribution in [2.45, 2.75) is 24.8 Å². The lowest BCUT2D eigenvalue weighted by Gasteiger charge is -2.45. The van der Waals surface area contributed by atoms with Crippen molar-refractivity contribution in [2.24, 2.45) is 5.92 Å². The largest absolute Gasteiger partial charge is 0.325 e. The summed E-state index contributed by atoms with van der Waals surface area (Å²) in [5.41, 5.74) is 2.96. The standard InChI is InChI=1S/C17H23N3O3S2/c1-19-9-11(10-24-2)7-13-12-5-4-6-15-17(12)14(8-16(13)19)18-20(15)23-25(3,21)22/h4-6,11,13,16H,7-10H2,1-3H3/t11?,13-,16-/m0/s1. The molecule has 2 aliphatic rings. The first-order valence-electron chi connectivity index (χ1n) is 8.47. The van der Waals surface area contributed by atoms with Crippen LogP contribution in [0.15, 0.2) is 18.2 Å². The highest BCUT2D eigenvalue weighted by Crippen LogP contribution is 2.44. The molecule has 0 radical (unpaired) electrons. The van der Waals surface area contributed by atoms with E-state index in [0.717, 1.165) is 35.8 Å². The fourth-order valence-electron chi connectivity index (χ4n) is 4.51. The number of hydrogen-bond donors (Lipinski definition) is 0. The second kappa shape index (κ2) is 6.17. The zero-order valence-corrected chi connectivity index (χ0v) is 16.3. The Hall–Kier alpha value is -1.25. The lowest BCUT2D eigenvalue weighted by atomic mass is 9.73. The number of likely N-dealkylation sites (N-methyl/N-ethyl adjacent to an activating group) is 1. The van der Waals surface area contributed by atoms with Gasteiger partial charge in [0.15, 0.2) is 0 Å². The molecule has 1 aliphatic carbocycles. The third kappa shape index (κ3) is 3.04. The number of aromatic nitrogens is 2. The second-order valence-corrected chi connectivity index (χ2v) is 9.68. The molecule has 4 rings (SSSR count). The van der Waals surface area contributed by atoms with Crippen molar-refractivity contribution in [1.82, 2.24) is 14.8 Å². The van der Waals surface area contributed by atoms with Crippen LogP contribution in [0.4, 0.5) is 0 Å². The Morgan fingerprint density at radius 2 is 2.20 bits per heavy atom. The van der Waals surface area contributed by atoms with Crippen LogP contribution in [0.25, 0.3) is 10.9 Å². The van der Waals surface area contributed by atoms with Gasteiger partial charge in [-0.25, -0.2) is 0 Å². The summed E-state index contributed by atoms with van der Waals surface area (Å²) >= 11 is 1.91. The average Bonchev–Trinajstić information content (AvgIpc) is 2.86. The number of fused-ring (bicyclic) bond motifs is 2. The fraction of sp³-hybridized carbons (Fsp3) is 0.588. The quantitative estimate of drug-likeness (QED) is 0.804. The highest BCUT2D eigenvalue weighted by atomic mass is 32.2. The Bertz CT molecular complexity index is 909. The maximum atomic E-state index is 11.6. The number of hydrogen-bond acceptors (Lipinski definition) is 6. The van der Waals surface area contributed by atoms with E-state index in [1.165, 1.54) is 22.6 Å². The van der Waals surface area contributed by atoms with Gasteiger partial charge in [0, 0.05) is 30.3 Å². The Kier molecular flexibility index (Phi) is 4.24. The van der Waals surface area contributed by atoms with Gasteiger partial charge in [-0.2, -0.15) is 20.2 Å². The summed E-state index contributed by atoms with van der Waals surface area (Å²) in [6.07, 6.45) is 5.22. The number of piperidine rings is 1. The third-order valence-corrected chi connectivity index (χ3v) is 6.57. The molecule has 0 amide bonds. The van der Waals surface area contributed by atoms with Gasteiger partial charge < -0.3 is 4.90 Å². The molecular weight excluding hydrogens is 358 g/mol. The molecular formula is C17H23N3O3S2. The van der Waals surface area contributed by atoms with E-state index in [2.05, 4.69) is 29.4 Å². The molecule has 8 heteroatoms. The Morgan fingerprint density at radius 1 is 1.40 bits per heavy atom. The maximum Gasteiger partial charge on any atom is 0.325 e. The molecule has 0 saturated carbocycles. The molecule has 3 atom stereocenters. The first-order chi connectivity index (χ1) is 11.9. The number of nitrogens with zero attached hydrogens (tertiary/aromatic N) is 3. The van der Waals surface area contributed by atoms with E-state index in [1.54, 1.807) is 0 Å². The monoisotopic (exact) mass is 381 g/mol. The summed E-state index contributed by atoms with van der Waals surface area (Å²) in [6, 6.07) is 6.45. The van der Waals surface area contributed by atoms with Gasteiger partial charge in [-0.15, -0.1) is 5.10 Å². The van der Waals surface area contributed by atoms with Crippen molar-refractivity contribution in [1.29, 1.82) is 0 Å². The van der Waals surface area contributed by atoms with Crippen molar-refractivity contribution >= 4 is 32.8 Å². The summed E-state index contributed by atoms with van der Waals surface area (Å²) in [5, 5.41) is 5.55. The Balaban J connectivity index is 1.80. The molecule has 25 heavy (non-hydrogen) atoms. The van der Waals surface area contributed by atoms with Crippen LogP contribution in [0.5, 0.6) is 0 Å². The first-order valence-corrected chi connectivity index (χ1v) is 11.7. The zero-order chi connectivity index (χ0) is 17.8. The molecule has 2 heterocycles. The van der Waals surface area contributed by atoms with Crippen LogP contribution >= 0.6 is 11.8 Å². The van der Waals surface area contributed by atoms with E-state index in [1.807, 2.05) is 23.9 Å². The van der Waals surface area contributed by atoms with Crippen LogP contribution in [0.1, 0.15) is 23.6 Å². The molecule has 0 bridgehead atoms. The molecule has 1 saturated heterocycles. The molecule has 0 spiro atoms. The molecule has 1 aromatic heterocycles. The van der Waals surface area contributed by atoms with Gasteiger partial charge in [0.05, 0.1) is 11.9 Å². The summed E-state index contributed by atoms with van der Waals surface area (Å²) in [6.45, 7) is 1.11. The van der Waals surface area contributed by atoms with E-state index in [0.29, 0.717) is 17.9 Å². The van der Waals surface area contributed by atoms with Crippen molar-refractivity contribution in [3.05, 3.63) is 29.5 Å². The van der Waals surface area contributed by atoms with Crippen LogP contribution in [0, 0.1) is 5.92 Å². The maximum absolute atomic E-state index is 11.6. The molecule has 1 fully saturated rings. The van der Waals surface area contributed by atoms with Crippen LogP contribution in [0.2, 0.25) is 0 Å². The van der Waals surface area contributed by atoms with Crippen LogP contribution in [0.3, 0.4) is 0 Å². The van der Waals surface area contributed by atoms with Crippen LogP contribution in [-0.4, -0.2) is 61.2 Å². The molecule has 1 aliphatic heterocycles. The molecule has 1 aromatic carbocycles. The van der Waals surface area contributed by atoms with Gasteiger partial charge in [0.1, 0.15) is 5.52 Å². The second-order valence-electron chi connectivity index (χ2n) is 7.21. The smallest absolute Gasteiger partial charge is 0.302 e. The van der Waals surface area contributed by atoms with Crippen molar-refractivity contribution in [2.75, 3.05) is 31.9 Å². The minimum Gasteiger partial charge on any atom is -0.302 e. The van der Waals surface area contributed by atoms with E-state index in [4.69, 9.17) is 4.28 Å². The van der Waals surface area contributed by atoms with Gasteiger partial charge in [0.2, 0.25) is 0 Å². The number of thioether (sulfide) groups is 1. The van der Waals surface area contributed by atoms with E-state index in [9.17, 15) is 8.42 Å². The van der Waals surface area contributed by atoms with Crippen LogP contribution in [-0.2, 0) is 16.5 Å². The minimum atomic E-state index is -3.62. The van der Waals surface area contributed by atoms with E-state index in [-0.39, 0.29) is 0 Å². The van der Waals surface area contributed by atoms with E-state index >= 15 is 0 Å². The summed E-state index contributed by atoms with van der Waals surface area (Å²) < 4.78 is 28.2. The average molecular weight is 382 g/mol. The summed E-state index contributed by atoms with van der Waals surface area (Å²) in [4.78, 5) is 3.63. The molecule has 136 valence electrons. The first kappa shape index (κ1) is 17.2. The predicted octanol–water partition coefficient (Wildman–Crippen LogP) is 1.75. The molecule has 6 nitrogen and oxygen atoms in total. The fourth-order valence-corrected chi connectivity index (χ4v) is 5.59. The highest BCUT2D eigenvalue weighted by Gasteiger charge is 2.40. The van der Waals surface area contributed by atoms with E-state index < -0.39 is 10.1 Å². The predicted molar refractivity (Wildman–Crippen MR) is 101 cm³/mol. The van der Waals surface area contributed by atoms with Gasteiger partial charge in [-0.05, 0) is 43.0 Å². The minimum absolute atomic E-state index is 0.415. The lowest BCUT2D eigenvalue weighted by molar-refractivity contribution is 0.120. The van der Waals surface area contributed by atoms with Gasteiger partial charge in [0.25, 0.3) is 0 Å². The summed E-state index contributed by atoms with van der Waals surface area (Å²) in [7, 11) is -1.43. The van der Waals surface area contributed by atoms with Gasteiger partial charge in [-0.3, -0.25) is 4.28 Å². The van der Waals surface area contributed by atoms with Crippen molar-refractivity contribution in [3.63, 3.8) is 0 Å². The third-order valence-electron chi connectivity index (χ3n) is 5.36. The topological polar surface area (TPSA) is 64.4 Å². The van der Waals surface area contributed by atoms with Crippen LogP contribution < -0.4 is 4.28 Å². The molecule has 0 N–H and O–H groups in total. The molecule has 2 aromatic rings. The van der Waals surface area contributed by atoms with Crippen molar-refractivity contribution in [3.8, 4) is 0 Å². The molecule has 1 unspecified atom stereocenters.